The molecule has 6 nitrogen and oxygen atoms in total. The molecule has 0 unspecified atom stereocenters. The van der Waals surface area contributed by atoms with E-state index in [1.165, 1.54) is 0 Å². The van der Waals surface area contributed by atoms with Gasteiger partial charge in [-0.1, -0.05) is 23.7 Å². The molecule has 144 valence electrons. The van der Waals surface area contributed by atoms with E-state index in [2.05, 4.69) is 5.32 Å². The standard InChI is InChI=1S/C20H22ClNO5/c1-2-25-17-7-9-18(10-8-17)26-14-20(24)27-13-19(23)22-12-11-15-3-5-16(21)6-4-15/h3-10H,2,11-14H2,1H3,(H,22,23). The van der Waals surface area contributed by atoms with Gasteiger partial charge in [0.05, 0.1) is 6.61 Å². The summed E-state index contributed by atoms with van der Waals surface area (Å²) < 4.78 is 15.5. The summed E-state index contributed by atoms with van der Waals surface area (Å²) in [4.78, 5) is 23.4. The summed E-state index contributed by atoms with van der Waals surface area (Å²) in [5.74, 6) is 0.264. The second-order valence-corrected chi connectivity index (χ2v) is 6.02. The molecule has 0 saturated heterocycles. The minimum absolute atomic E-state index is 0.272. The van der Waals surface area contributed by atoms with Crippen molar-refractivity contribution in [2.45, 2.75) is 13.3 Å². The van der Waals surface area contributed by atoms with Gasteiger partial charge in [-0.3, -0.25) is 4.79 Å². The fraction of sp³-hybridized carbons (Fsp3) is 0.300. The molecule has 0 aliphatic heterocycles. The number of esters is 1. The van der Waals surface area contributed by atoms with Crippen LogP contribution in [0.2, 0.25) is 5.02 Å². The van der Waals surface area contributed by atoms with Crippen LogP contribution in [0.5, 0.6) is 11.5 Å². The molecule has 27 heavy (non-hydrogen) atoms. The highest BCUT2D eigenvalue weighted by Gasteiger charge is 2.08. The maximum Gasteiger partial charge on any atom is 0.344 e. The van der Waals surface area contributed by atoms with Crippen molar-refractivity contribution in [3.05, 3.63) is 59.1 Å². The molecule has 0 saturated carbocycles. The lowest BCUT2D eigenvalue weighted by Crippen LogP contribution is -2.31. The van der Waals surface area contributed by atoms with Gasteiger partial charge in [-0.25, -0.2) is 4.79 Å². The highest BCUT2D eigenvalue weighted by atomic mass is 35.5. The van der Waals surface area contributed by atoms with Crippen LogP contribution in [0.25, 0.3) is 0 Å². The lowest BCUT2D eigenvalue weighted by Gasteiger charge is -2.09. The van der Waals surface area contributed by atoms with Crippen LogP contribution in [-0.2, 0) is 20.7 Å². The third-order valence-corrected chi connectivity index (χ3v) is 3.76. The number of ether oxygens (including phenoxy) is 3. The zero-order valence-electron chi connectivity index (χ0n) is 15.1. The van der Waals surface area contributed by atoms with Gasteiger partial charge >= 0.3 is 5.97 Å². The number of carbonyl (C=O) groups excluding carboxylic acids is 2. The maximum atomic E-state index is 11.7. The Morgan fingerprint density at radius 1 is 0.926 bits per heavy atom. The van der Waals surface area contributed by atoms with Crippen LogP contribution in [-0.4, -0.2) is 38.2 Å². The summed E-state index contributed by atoms with van der Waals surface area (Å²) in [6.45, 7) is 2.31. The molecule has 0 bridgehead atoms. The van der Waals surface area contributed by atoms with Gasteiger partial charge in [0, 0.05) is 11.6 Å². The first-order valence-electron chi connectivity index (χ1n) is 8.59. The van der Waals surface area contributed by atoms with Crippen molar-refractivity contribution in [3.8, 4) is 11.5 Å². The van der Waals surface area contributed by atoms with E-state index in [-0.39, 0.29) is 19.1 Å². The van der Waals surface area contributed by atoms with Gasteiger partial charge in [-0.2, -0.15) is 0 Å². The molecule has 0 fully saturated rings. The Morgan fingerprint density at radius 3 is 2.19 bits per heavy atom. The van der Waals surface area contributed by atoms with Crippen molar-refractivity contribution in [2.75, 3.05) is 26.4 Å². The van der Waals surface area contributed by atoms with E-state index < -0.39 is 5.97 Å². The third-order valence-electron chi connectivity index (χ3n) is 3.50. The SMILES string of the molecule is CCOc1ccc(OCC(=O)OCC(=O)NCCc2ccc(Cl)cc2)cc1. The first-order chi connectivity index (χ1) is 13.1. The highest BCUT2D eigenvalue weighted by Crippen LogP contribution is 2.17. The molecular formula is C20H22ClNO5. The van der Waals surface area contributed by atoms with E-state index in [1.54, 1.807) is 36.4 Å². The van der Waals surface area contributed by atoms with E-state index in [0.717, 1.165) is 11.3 Å². The Bertz CT molecular complexity index is 731. The van der Waals surface area contributed by atoms with Crippen molar-refractivity contribution in [2.24, 2.45) is 0 Å². The van der Waals surface area contributed by atoms with E-state index in [0.29, 0.717) is 30.3 Å². The van der Waals surface area contributed by atoms with Gasteiger partial charge in [0.25, 0.3) is 5.91 Å². The topological polar surface area (TPSA) is 73.9 Å². The molecule has 0 aliphatic carbocycles. The lowest BCUT2D eigenvalue weighted by atomic mass is 10.1. The van der Waals surface area contributed by atoms with Crippen LogP contribution >= 0.6 is 11.6 Å². The molecule has 1 amide bonds. The zero-order valence-corrected chi connectivity index (χ0v) is 15.8. The molecule has 2 rings (SSSR count). The number of benzene rings is 2. The number of amides is 1. The predicted molar refractivity (Wildman–Crippen MR) is 102 cm³/mol. The van der Waals surface area contributed by atoms with Crippen molar-refractivity contribution in [1.82, 2.24) is 5.32 Å². The first-order valence-corrected chi connectivity index (χ1v) is 8.97. The molecular weight excluding hydrogens is 370 g/mol. The number of rotatable bonds is 10. The fourth-order valence-corrected chi connectivity index (χ4v) is 2.30. The van der Waals surface area contributed by atoms with E-state index >= 15 is 0 Å². The molecule has 0 aromatic heterocycles. The van der Waals surface area contributed by atoms with Crippen LogP contribution in [0.3, 0.4) is 0 Å². The Morgan fingerprint density at radius 2 is 1.56 bits per heavy atom. The van der Waals surface area contributed by atoms with Crippen LogP contribution in [0.4, 0.5) is 0 Å². The molecule has 0 spiro atoms. The number of carbonyl (C=O) groups is 2. The molecule has 0 aliphatic rings. The predicted octanol–water partition coefficient (Wildman–Crippen LogP) is 3.02. The molecule has 0 atom stereocenters. The van der Waals surface area contributed by atoms with Gasteiger partial charge in [0.1, 0.15) is 11.5 Å². The number of halogens is 1. The van der Waals surface area contributed by atoms with Crippen LogP contribution in [0.15, 0.2) is 48.5 Å². The summed E-state index contributed by atoms with van der Waals surface area (Å²) in [6.07, 6.45) is 0.664. The summed E-state index contributed by atoms with van der Waals surface area (Å²) in [5.41, 5.74) is 1.06. The molecule has 2 aromatic rings. The summed E-state index contributed by atoms with van der Waals surface area (Å²) in [7, 11) is 0. The monoisotopic (exact) mass is 391 g/mol. The summed E-state index contributed by atoms with van der Waals surface area (Å²) in [5, 5.41) is 3.36. The smallest absolute Gasteiger partial charge is 0.344 e. The Kier molecular flexibility index (Phi) is 8.45. The van der Waals surface area contributed by atoms with E-state index in [4.69, 9.17) is 25.8 Å². The number of hydrogen-bond acceptors (Lipinski definition) is 5. The molecule has 2 aromatic carbocycles. The number of nitrogens with one attached hydrogen (secondary N) is 1. The Labute approximate surface area is 163 Å². The summed E-state index contributed by atoms with van der Waals surface area (Å²) in [6, 6.07) is 14.3. The van der Waals surface area contributed by atoms with Gasteiger partial charge in [-0.05, 0) is 55.3 Å². The minimum Gasteiger partial charge on any atom is -0.494 e. The van der Waals surface area contributed by atoms with Crippen molar-refractivity contribution >= 4 is 23.5 Å². The fourth-order valence-electron chi connectivity index (χ4n) is 2.18. The van der Waals surface area contributed by atoms with Gasteiger partial charge in [-0.15, -0.1) is 0 Å². The van der Waals surface area contributed by atoms with Gasteiger partial charge in [0.2, 0.25) is 0 Å². The second-order valence-electron chi connectivity index (χ2n) is 5.58. The zero-order chi connectivity index (χ0) is 19.5. The third kappa shape index (κ3) is 8.00. The quantitative estimate of drug-likeness (QED) is 0.630. The second kappa shape index (κ2) is 11.1. The normalized spacial score (nSPS) is 10.1. The lowest BCUT2D eigenvalue weighted by molar-refractivity contribution is -0.150. The average molecular weight is 392 g/mol. The maximum absolute atomic E-state index is 11.7. The Hall–Kier alpha value is -2.73. The van der Waals surface area contributed by atoms with Crippen LogP contribution in [0.1, 0.15) is 12.5 Å². The van der Waals surface area contributed by atoms with Crippen LogP contribution < -0.4 is 14.8 Å². The molecule has 1 N–H and O–H groups in total. The van der Waals surface area contributed by atoms with Gasteiger partial charge in [0.15, 0.2) is 13.2 Å². The molecule has 0 heterocycles. The van der Waals surface area contributed by atoms with Crippen LogP contribution in [0, 0.1) is 0 Å². The van der Waals surface area contributed by atoms with E-state index in [1.807, 2.05) is 19.1 Å². The average Bonchev–Trinajstić information content (AvgIpc) is 2.67. The highest BCUT2D eigenvalue weighted by molar-refractivity contribution is 6.30. The minimum atomic E-state index is -0.614. The van der Waals surface area contributed by atoms with Crippen molar-refractivity contribution < 1.29 is 23.8 Å². The van der Waals surface area contributed by atoms with Gasteiger partial charge < -0.3 is 19.5 Å². The number of hydrogen-bond donors (Lipinski definition) is 1. The molecule has 0 radical (unpaired) electrons. The molecule has 7 heteroatoms. The first kappa shape index (κ1) is 20.6. The van der Waals surface area contributed by atoms with Crippen molar-refractivity contribution in [3.63, 3.8) is 0 Å². The largest absolute Gasteiger partial charge is 0.494 e. The van der Waals surface area contributed by atoms with Crippen molar-refractivity contribution in [1.29, 1.82) is 0 Å². The van der Waals surface area contributed by atoms with E-state index in [9.17, 15) is 9.59 Å². The Balaban J connectivity index is 1.60. The summed E-state index contributed by atoms with van der Waals surface area (Å²) >= 11 is 5.82.